The third-order valence-electron chi connectivity index (χ3n) is 3.21. The number of hydrogen-bond donors (Lipinski definition) is 2. The standard InChI is InChI=1S/C18H28N2O3/c1-14(2)13-23-11-7-10-19-18(22)12-17(20-15(3)21)16-8-5-4-6-9-16/h4-6,8-9,14,17H,7,10-13H2,1-3H3,(H,19,22)(H,20,21). The highest BCUT2D eigenvalue weighted by Gasteiger charge is 2.16. The predicted octanol–water partition coefficient (Wildman–Crippen LogP) is 2.43. The first-order valence-electron chi connectivity index (χ1n) is 8.15. The first-order valence-corrected chi connectivity index (χ1v) is 8.15. The molecule has 0 spiro atoms. The summed E-state index contributed by atoms with van der Waals surface area (Å²) in [6, 6.07) is 9.22. The molecule has 0 aliphatic heterocycles. The Bertz CT molecular complexity index is 474. The Kier molecular flexibility index (Phi) is 8.98. The second-order valence-corrected chi connectivity index (χ2v) is 6.04. The minimum atomic E-state index is -0.300. The van der Waals surface area contributed by atoms with Crippen molar-refractivity contribution in [2.24, 2.45) is 5.92 Å². The fourth-order valence-electron chi connectivity index (χ4n) is 2.16. The smallest absolute Gasteiger partial charge is 0.222 e. The molecule has 0 fully saturated rings. The van der Waals surface area contributed by atoms with Gasteiger partial charge in [0.25, 0.3) is 0 Å². The molecule has 2 amide bonds. The van der Waals surface area contributed by atoms with Crippen LogP contribution in [0.2, 0.25) is 0 Å². The molecule has 1 unspecified atom stereocenters. The van der Waals surface area contributed by atoms with E-state index in [0.717, 1.165) is 18.6 Å². The van der Waals surface area contributed by atoms with Crippen LogP contribution in [0.1, 0.15) is 45.2 Å². The quantitative estimate of drug-likeness (QED) is 0.651. The van der Waals surface area contributed by atoms with Crippen LogP contribution in [0.4, 0.5) is 0 Å². The van der Waals surface area contributed by atoms with Crippen molar-refractivity contribution in [3.05, 3.63) is 35.9 Å². The van der Waals surface area contributed by atoms with Crippen LogP contribution in [0.25, 0.3) is 0 Å². The SMILES string of the molecule is CC(=O)NC(CC(=O)NCCCOCC(C)C)c1ccccc1. The molecule has 0 saturated heterocycles. The summed E-state index contributed by atoms with van der Waals surface area (Å²) in [6.07, 6.45) is 1.02. The Morgan fingerprint density at radius 2 is 1.87 bits per heavy atom. The number of carbonyl (C=O) groups excluding carboxylic acids is 2. The molecule has 0 aliphatic carbocycles. The first kappa shape index (κ1) is 19.2. The summed E-state index contributed by atoms with van der Waals surface area (Å²) in [4.78, 5) is 23.4. The summed E-state index contributed by atoms with van der Waals surface area (Å²) < 4.78 is 5.47. The van der Waals surface area contributed by atoms with Crippen LogP contribution < -0.4 is 10.6 Å². The van der Waals surface area contributed by atoms with E-state index < -0.39 is 0 Å². The van der Waals surface area contributed by atoms with E-state index in [2.05, 4.69) is 24.5 Å². The molecule has 128 valence electrons. The summed E-state index contributed by atoms with van der Waals surface area (Å²) in [5.74, 6) is 0.305. The Labute approximate surface area is 138 Å². The van der Waals surface area contributed by atoms with Gasteiger partial charge in [-0.15, -0.1) is 0 Å². The third-order valence-corrected chi connectivity index (χ3v) is 3.21. The van der Waals surface area contributed by atoms with Crippen LogP contribution in [0.15, 0.2) is 30.3 Å². The average molecular weight is 320 g/mol. The maximum absolute atomic E-state index is 12.0. The molecule has 0 heterocycles. The van der Waals surface area contributed by atoms with Crippen molar-refractivity contribution in [2.75, 3.05) is 19.8 Å². The molecule has 0 bridgehead atoms. The van der Waals surface area contributed by atoms with Gasteiger partial charge in [-0.1, -0.05) is 44.2 Å². The topological polar surface area (TPSA) is 67.4 Å². The van der Waals surface area contributed by atoms with Gasteiger partial charge in [-0.05, 0) is 17.9 Å². The van der Waals surface area contributed by atoms with Gasteiger partial charge < -0.3 is 15.4 Å². The molecule has 5 heteroatoms. The largest absolute Gasteiger partial charge is 0.381 e. The van der Waals surface area contributed by atoms with E-state index in [-0.39, 0.29) is 24.3 Å². The number of amides is 2. The maximum atomic E-state index is 12.0. The summed E-state index contributed by atoms with van der Waals surface area (Å²) in [5.41, 5.74) is 0.929. The second kappa shape index (κ2) is 10.8. The fraction of sp³-hybridized carbons (Fsp3) is 0.556. The molecule has 0 radical (unpaired) electrons. The monoisotopic (exact) mass is 320 g/mol. The Morgan fingerprint density at radius 3 is 2.48 bits per heavy atom. The molecule has 0 aromatic heterocycles. The van der Waals surface area contributed by atoms with Crippen molar-refractivity contribution < 1.29 is 14.3 Å². The molecule has 1 rings (SSSR count). The summed E-state index contributed by atoms with van der Waals surface area (Å²) >= 11 is 0. The Balaban J connectivity index is 2.35. The highest BCUT2D eigenvalue weighted by atomic mass is 16.5. The van der Waals surface area contributed by atoms with Gasteiger partial charge in [0.15, 0.2) is 0 Å². The van der Waals surface area contributed by atoms with Crippen molar-refractivity contribution in [1.82, 2.24) is 10.6 Å². The maximum Gasteiger partial charge on any atom is 0.222 e. The van der Waals surface area contributed by atoms with Crippen LogP contribution in [-0.2, 0) is 14.3 Å². The summed E-state index contributed by atoms with van der Waals surface area (Å²) in [7, 11) is 0. The van der Waals surface area contributed by atoms with Crippen molar-refractivity contribution >= 4 is 11.8 Å². The molecule has 0 aliphatic rings. The normalized spacial score (nSPS) is 12.0. The Morgan fingerprint density at radius 1 is 1.17 bits per heavy atom. The molecule has 2 N–H and O–H groups in total. The fourth-order valence-corrected chi connectivity index (χ4v) is 2.16. The molecule has 1 aromatic carbocycles. The van der Waals surface area contributed by atoms with Crippen LogP contribution in [0.3, 0.4) is 0 Å². The second-order valence-electron chi connectivity index (χ2n) is 6.04. The van der Waals surface area contributed by atoms with Gasteiger partial charge >= 0.3 is 0 Å². The lowest BCUT2D eigenvalue weighted by atomic mass is 10.0. The number of nitrogens with one attached hydrogen (secondary N) is 2. The van der Waals surface area contributed by atoms with Crippen molar-refractivity contribution in [3.8, 4) is 0 Å². The van der Waals surface area contributed by atoms with Crippen LogP contribution in [-0.4, -0.2) is 31.6 Å². The van der Waals surface area contributed by atoms with Gasteiger partial charge in [0.2, 0.25) is 11.8 Å². The highest BCUT2D eigenvalue weighted by molar-refractivity contribution is 5.79. The Hall–Kier alpha value is -1.88. The number of hydrogen-bond acceptors (Lipinski definition) is 3. The van der Waals surface area contributed by atoms with Gasteiger partial charge in [0.1, 0.15) is 0 Å². The lowest BCUT2D eigenvalue weighted by molar-refractivity contribution is -0.122. The number of ether oxygens (including phenoxy) is 1. The predicted molar refractivity (Wildman–Crippen MR) is 90.9 cm³/mol. The average Bonchev–Trinajstić information content (AvgIpc) is 2.50. The van der Waals surface area contributed by atoms with E-state index >= 15 is 0 Å². The van der Waals surface area contributed by atoms with E-state index in [0.29, 0.717) is 19.1 Å². The minimum Gasteiger partial charge on any atom is -0.381 e. The molecule has 1 aromatic rings. The zero-order valence-electron chi connectivity index (χ0n) is 14.3. The third kappa shape index (κ3) is 8.98. The van der Waals surface area contributed by atoms with Crippen LogP contribution >= 0.6 is 0 Å². The molecular weight excluding hydrogens is 292 g/mol. The highest BCUT2D eigenvalue weighted by Crippen LogP contribution is 2.16. The van der Waals surface area contributed by atoms with Crippen LogP contribution in [0.5, 0.6) is 0 Å². The van der Waals surface area contributed by atoms with Crippen molar-refractivity contribution in [3.63, 3.8) is 0 Å². The van der Waals surface area contributed by atoms with Gasteiger partial charge in [0.05, 0.1) is 12.5 Å². The molecular formula is C18H28N2O3. The molecule has 1 atom stereocenters. The van der Waals surface area contributed by atoms with E-state index in [9.17, 15) is 9.59 Å². The van der Waals surface area contributed by atoms with Gasteiger partial charge in [-0.3, -0.25) is 9.59 Å². The van der Waals surface area contributed by atoms with Crippen molar-refractivity contribution in [1.29, 1.82) is 0 Å². The number of carbonyl (C=O) groups is 2. The minimum absolute atomic E-state index is 0.0727. The van der Waals surface area contributed by atoms with Gasteiger partial charge in [-0.2, -0.15) is 0 Å². The zero-order chi connectivity index (χ0) is 17.1. The lowest BCUT2D eigenvalue weighted by Crippen LogP contribution is -2.33. The zero-order valence-corrected chi connectivity index (χ0v) is 14.3. The molecule has 23 heavy (non-hydrogen) atoms. The van der Waals surface area contributed by atoms with E-state index in [1.807, 2.05) is 30.3 Å². The molecule has 0 saturated carbocycles. The molecule has 5 nitrogen and oxygen atoms in total. The van der Waals surface area contributed by atoms with Gasteiger partial charge in [0, 0.05) is 26.7 Å². The van der Waals surface area contributed by atoms with E-state index in [1.165, 1.54) is 6.92 Å². The number of rotatable bonds is 10. The summed E-state index contributed by atoms with van der Waals surface area (Å²) in [6.45, 7) is 7.64. The van der Waals surface area contributed by atoms with Gasteiger partial charge in [-0.25, -0.2) is 0 Å². The van der Waals surface area contributed by atoms with E-state index in [4.69, 9.17) is 4.74 Å². The van der Waals surface area contributed by atoms with E-state index in [1.54, 1.807) is 0 Å². The lowest BCUT2D eigenvalue weighted by Gasteiger charge is -2.18. The first-order chi connectivity index (χ1) is 11.0. The van der Waals surface area contributed by atoms with Crippen LogP contribution in [0, 0.1) is 5.92 Å². The van der Waals surface area contributed by atoms with Crippen molar-refractivity contribution in [2.45, 2.75) is 39.7 Å². The summed E-state index contributed by atoms with van der Waals surface area (Å²) in [5, 5.41) is 5.70. The number of benzene rings is 1.